The predicted molar refractivity (Wildman–Crippen MR) is 91.7 cm³/mol. The fourth-order valence-electron chi connectivity index (χ4n) is 3.08. The summed E-state index contributed by atoms with van der Waals surface area (Å²) >= 11 is 0. The molecule has 0 spiro atoms. The van der Waals surface area contributed by atoms with Crippen LogP contribution in [-0.4, -0.2) is 33.5 Å². The average Bonchev–Trinajstić information content (AvgIpc) is 3.03. The minimum absolute atomic E-state index is 0.0420. The number of halogens is 3. The Labute approximate surface area is 157 Å². The zero-order chi connectivity index (χ0) is 20.5. The molecule has 0 bridgehead atoms. The Bertz CT molecular complexity index is 953. The summed E-state index contributed by atoms with van der Waals surface area (Å²) in [5, 5.41) is 9.52. The summed E-state index contributed by atoms with van der Waals surface area (Å²) in [5.74, 6) is 0. The molecule has 1 aliphatic rings. The van der Waals surface area contributed by atoms with Crippen LogP contribution in [0.3, 0.4) is 0 Å². The maximum Gasteiger partial charge on any atom is 0.423 e. The molecule has 2 heterocycles. The predicted octanol–water partition coefficient (Wildman–Crippen LogP) is 1.73. The van der Waals surface area contributed by atoms with E-state index in [0.29, 0.717) is 10.8 Å². The van der Waals surface area contributed by atoms with Gasteiger partial charge in [-0.1, -0.05) is 24.3 Å². The fraction of sp³-hybridized carbons (Fsp3) is 0.444. The summed E-state index contributed by atoms with van der Waals surface area (Å²) in [5.41, 5.74) is -2.12. The molecule has 1 saturated heterocycles. The number of nitrogens with zero attached hydrogens (tertiary/aromatic N) is 1. The number of aliphatic hydroxyl groups is 1. The second-order valence-electron chi connectivity index (χ2n) is 6.53. The van der Waals surface area contributed by atoms with Gasteiger partial charge in [0.25, 0.3) is 5.56 Å². The van der Waals surface area contributed by atoms with Crippen molar-refractivity contribution in [1.82, 2.24) is 9.55 Å². The third-order valence-electron chi connectivity index (χ3n) is 4.66. The number of alkyl halides is 3. The molecule has 2 aromatic rings. The smallest absolute Gasteiger partial charge is 0.394 e. The van der Waals surface area contributed by atoms with E-state index in [9.17, 15) is 27.9 Å². The highest BCUT2D eigenvalue weighted by Crippen LogP contribution is 2.32. The van der Waals surface area contributed by atoms with E-state index in [-0.39, 0.29) is 13.0 Å². The summed E-state index contributed by atoms with van der Waals surface area (Å²) in [4.78, 5) is 25.1. The molecule has 3 rings (SSSR count). The number of aryl methyl sites for hydroxylation is 1. The molecular formula is C18H19F3N2O5. The van der Waals surface area contributed by atoms with Gasteiger partial charge in [0.05, 0.1) is 19.3 Å². The zero-order valence-electron chi connectivity index (χ0n) is 14.9. The zero-order valence-corrected chi connectivity index (χ0v) is 14.9. The first-order chi connectivity index (χ1) is 13.2. The lowest BCUT2D eigenvalue weighted by Gasteiger charge is -2.17. The molecule has 1 fully saturated rings. The van der Waals surface area contributed by atoms with Crippen LogP contribution in [-0.2, 0) is 22.3 Å². The Kier molecular flexibility index (Phi) is 5.73. The lowest BCUT2D eigenvalue weighted by Crippen LogP contribution is -2.36. The summed E-state index contributed by atoms with van der Waals surface area (Å²) in [6, 6.07) is 7.51. The van der Waals surface area contributed by atoms with E-state index in [1.165, 1.54) is 0 Å². The Morgan fingerprint density at radius 1 is 1.32 bits per heavy atom. The molecule has 0 amide bonds. The maximum atomic E-state index is 13.0. The summed E-state index contributed by atoms with van der Waals surface area (Å²) < 4.78 is 50.9. The van der Waals surface area contributed by atoms with Crippen LogP contribution < -0.4 is 11.2 Å². The van der Waals surface area contributed by atoms with E-state index in [0.717, 1.165) is 11.1 Å². The van der Waals surface area contributed by atoms with Gasteiger partial charge in [-0.05, 0) is 18.1 Å². The topological polar surface area (TPSA) is 93.6 Å². The van der Waals surface area contributed by atoms with Gasteiger partial charge in [-0.2, -0.15) is 13.2 Å². The van der Waals surface area contributed by atoms with Crippen molar-refractivity contribution in [2.45, 2.75) is 44.6 Å². The Balaban J connectivity index is 1.81. The normalized spacial score (nSPS) is 22.5. The quantitative estimate of drug-likeness (QED) is 0.797. The van der Waals surface area contributed by atoms with Crippen LogP contribution in [0.2, 0.25) is 0 Å². The minimum atomic E-state index is -4.92. The number of rotatable bonds is 5. The SMILES string of the molecule is Cc1ccccc1COC1C[C@@H](n2cc(C(F)(F)F)c(=O)[nH]c2=O)O[C@H]1CO. The lowest BCUT2D eigenvalue weighted by molar-refractivity contribution is -0.139. The van der Waals surface area contributed by atoms with Gasteiger partial charge in [-0.3, -0.25) is 14.3 Å². The van der Waals surface area contributed by atoms with E-state index in [4.69, 9.17) is 9.47 Å². The van der Waals surface area contributed by atoms with Crippen molar-refractivity contribution < 1.29 is 27.8 Å². The number of aliphatic hydroxyl groups excluding tert-OH is 1. The van der Waals surface area contributed by atoms with Gasteiger partial charge >= 0.3 is 11.9 Å². The molecule has 0 saturated carbocycles. The molecule has 1 aliphatic heterocycles. The van der Waals surface area contributed by atoms with Gasteiger partial charge in [0.2, 0.25) is 0 Å². The second kappa shape index (κ2) is 7.90. The van der Waals surface area contributed by atoms with Gasteiger partial charge in [0.1, 0.15) is 17.9 Å². The first kappa shape index (κ1) is 20.3. The maximum absolute atomic E-state index is 13.0. The molecule has 1 aromatic heterocycles. The van der Waals surface area contributed by atoms with Crippen molar-refractivity contribution in [3.8, 4) is 0 Å². The summed E-state index contributed by atoms with van der Waals surface area (Å²) in [6.45, 7) is 1.70. The lowest BCUT2D eigenvalue weighted by atomic mass is 10.1. The fourth-order valence-corrected chi connectivity index (χ4v) is 3.08. The molecule has 152 valence electrons. The minimum Gasteiger partial charge on any atom is -0.394 e. The van der Waals surface area contributed by atoms with E-state index in [1.807, 2.05) is 31.2 Å². The van der Waals surface area contributed by atoms with Crippen LogP contribution in [0, 0.1) is 6.92 Å². The van der Waals surface area contributed by atoms with Gasteiger partial charge in [-0.15, -0.1) is 0 Å². The molecule has 7 nitrogen and oxygen atoms in total. The largest absolute Gasteiger partial charge is 0.423 e. The molecule has 0 aliphatic carbocycles. The van der Waals surface area contributed by atoms with Crippen LogP contribution in [0.25, 0.3) is 0 Å². The standard InChI is InChI=1S/C18H19F3N2O5/c1-10-4-2-3-5-11(10)9-27-13-6-15(28-14(13)8-24)23-7-12(18(19,20)21)16(25)22-17(23)26/h2-5,7,13-15,24H,6,8-9H2,1H3,(H,22,25,26)/t13?,14-,15-/m0/s1. The first-order valence-electron chi connectivity index (χ1n) is 8.55. The van der Waals surface area contributed by atoms with E-state index in [1.54, 1.807) is 4.98 Å². The third-order valence-corrected chi connectivity index (χ3v) is 4.66. The van der Waals surface area contributed by atoms with Gasteiger partial charge in [0, 0.05) is 12.6 Å². The van der Waals surface area contributed by atoms with Crippen molar-refractivity contribution >= 4 is 0 Å². The average molecular weight is 400 g/mol. The van der Waals surface area contributed by atoms with Crippen molar-refractivity contribution in [2.24, 2.45) is 0 Å². The molecule has 3 atom stereocenters. The number of ether oxygens (including phenoxy) is 2. The number of nitrogens with one attached hydrogen (secondary N) is 1. The molecule has 1 unspecified atom stereocenters. The molecular weight excluding hydrogens is 381 g/mol. The van der Waals surface area contributed by atoms with Crippen molar-refractivity contribution in [2.75, 3.05) is 6.61 Å². The number of hydrogen-bond donors (Lipinski definition) is 2. The van der Waals surface area contributed by atoms with Crippen LogP contribution in [0.1, 0.15) is 29.3 Å². The second-order valence-corrected chi connectivity index (χ2v) is 6.53. The highest BCUT2D eigenvalue weighted by molar-refractivity contribution is 5.24. The van der Waals surface area contributed by atoms with Crippen LogP contribution in [0.4, 0.5) is 13.2 Å². The third kappa shape index (κ3) is 4.18. The number of aromatic nitrogens is 2. The van der Waals surface area contributed by atoms with E-state index >= 15 is 0 Å². The van der Waals surface area contributed by atoms with Crippen LogP contribution >= 0.6 is 0 Å². The number of aromatic amines is 1. The molecule has 0 radical (unpaired) electrons. The first-order valence-corrected chi connectivity index (χ1v) is 8.55. The van der Waals surface area contributed by atoms with Crippen LogP contribution in [0.5, 0.6) is 0 Å². The summed E-state index contributed by atoms with van der Waals surface area (Å²) in [7, 11) is 0. The monoisotopic (exact) mass is 400 g/mol. The number of H-pyrrole nitrogens is 1. The molecule has 2 N–H and O–H groups in total. The van der Waals surface area contributed by atoms with E-state index < -0.39 is 48.0 Å². The van der Waals surface area contributed by atoms with E-state index in [2.05, 4.69) is 0 Å². The molecule has 28 heavy (non-hydrogen) atoms. The molecule has 10 heteroatoms. The van der Waals surface area contributed by atoms with Gasteiger partial charge < -0.3 is 14.6 Å². The van der Waals surface area contributed by atoms with Gasteiger partial charge in [-0.25, -0.2) is 4.79 Å². The van der Waals surface area contributed by atoms with Crippen LogP contribution in [0.15, 0.2) is 40.1 Å². The highest BCUT2D eigenvalue weighted by Gasteiger charge is 2.40. The van der Waals surface area contributed by atoms with Crippen molar-refractivity contribution in [3.05, 3.63) is 68.0 Å². The van der Waals surface area contributed by atoms with Crippen molar-refractivity contribution in [3.63, 3.8) is 0 Å². The Morgan fingerprint density at radius 2 is 2.04 bits per heavy atom. The Hall–Kier alpha value is -2.43. The Morgan fingerprint density at radius 3 is 2.68 bits per heavy atom. The number of benzene rings is 1. The summed E-state index contributed by atoms with van der Waals surface area (Å²) in [6.07, 6.45) is -7.00. The molecule has 1 aromatic carbocycles. The number of hydrogen-bond acceptors (Lipinski definition) is 5. The van der Waals surface area contributed by atoms with Gasteiger partial charge in [0.15, 0.2) is 0 Å². The van der Waals surface area contributed by atoms with Crippen molar-refractivity contribution in [1.29, 1.82) is 0 Å². The highest BCUT2D eigenvalue weighted by atomic mass is 19.4.